The third-order valence-electron chi connectivity index (χ3n) is 3.85. The van der Waals surface area contributed by atoms with E-state index in [9.17, 15) is 18.0 Å². The van der Waals surface area contributed by atoms with Crippen LogP contribution in [0.1, 0.15) is 35.6 Å². The topological polar surface area (TPSA) is 55.1 Å². The van der Waals surface area contributed by atoms with Gasteiger partial charge in [-0.2, -0.15) is 13.2 Å². The molecular weight excluding hydrogens is 317 g/mol. The molecular formula is C18H19F3N2O. The lowest BCUT2D eigenvalue weighted by Crippen LogP contribution is -2.35. The highest BCUT2D eigenvalue weighted by molar-refractivity contribution is 5.81. The highest BCUT2D eigenvalue weighted by Crippen LogP contribution is 2.30. The van der Waals surface area contributed by atoms with Gasteiger partial charge in [-0.1, -0.05) is 49.4 Å². The molecule has 1 unspecified atom stereocenters. The Kier molecular flexibility index (Phi) is 5.62. The summed E-state index contributed by atoms with van der Waals surface area (Å²) in [5.41, 5.74) is 6.27. The van der Waals surface area contributed by atoms with Crippen molar-refractivity contribution < 1.29 is 18.0 Å². The fourth-order valence-corrected chi connectivity index (χ4v) is 2.44. The summed E-state index contributed by atoms with van der Waals surface area (Å²) in [6.45, 7) is 2.28. The summed E-state index contributed by atoms with van der Waals surface area (Å²) in [5.74, 6) is -0.571. The minimum Gasteiger partial charge on any atom is -0.368 e. The van der Waals surface area contributed by atoms with E-state index in [-0.39, 0.29) is 5.92 Å². The SMILES string of the molecule is C[C@H](CNC(C(N)=O)c1ccccc1)c1ccc(C(F)(F)F)cc1. The third-order valence-corrected chi connectivity index (χ3v) is 3.85. The second-order valence-corrected chi connectivity index (χ2v) is 5.68. The predicted octanol–water partition coefficient (Wildman–Crippen LogP) is 3.63. The van der Waals surface area contributed by atoms with E-state index in [1.165, 1.54) is 12.1 Å². The number of primary amides is 1. The van der Waals surface area contributed by atoms with Crippen LogP contribution in [0.5, 0.6) is 0 Å². The molecule has 24 heavy (non-hydrogen) atoms. The van der Waals surface area contributed by atoms with Crippen LogP contribution in [0.15, 0.2) is 54.6 Å². The van der Waals surface area contributed by atoms with Crippen LogP contribution in [0.2, 0.25) is 0 Å². The lowest BCUT2D eigenvalue weighted by Gasteiger charge is -2.19. The second kappa shape index (κ2) is 7.49. The molecule has 0 aliphatic heterocycles. The average Bonchev–Trinajstić information content (AvgIpc) is 2.55. The number of amides is 1. The minimum absolute atomic E-state index is 0.0714. The fourth-order valence-electron chi connectivity index (χ4n) is 2.44. The molecule has 0 radical (unpaired) electrons. The fraction of sp³-hybridized carbons (Fsp3) is 0.278. The van der Waals surface area contributed by atoms with E-state index in [1.54, 1.807) is 12.1 Å². The monoisotopic (exact) mass is 336 g/mol. The van der Waals surface area contributed by atoms with Gasteiger partial charge < -0.3 is 11.1 Å². The Hall–Kier alpha value is -2.34. The van der Waals surface area contributed by atoms with E-state index >= 15 is 0 Å². The van der Waals surface area contributed by atoms with Crippen molar-refractivity contribution in [3.8, 4) is 0 Å². The van der Waals surface area contributed by atoms with Crippen molar-refractivity contribution in [3.63, 3.8) is 0 Å². The smallest absolute Gasteiger partial charge is 0.368 e. The summed E-state index contributed by atoms with van der Waals surface area (Å²) in [7, 11) is 0. The number of alkyl halides is 3. The Bertz CT molecular complexity index is 669. The second-order valence-electron chi connectivity index (χ2n) is 5.68. The highest BCUT2D eigenvalue weighted by Gasteiger charge is 2.30. The van der Waals surface area contributed by atoms with Crippen molar-refractivity contribution >= 4 is 5.91 Å². The molecule has 1 amide bonds. The largest absolute Gasteiger partial charge is 0.416 e. The first-order chi connectivity index (χ1) is 11.3. The number of carbonyl (C=O) groups excluding carboxylic acids is 1. The number of benzene rings is 2. The zero-order valence-electron chi connectivity index (χ0n) is 13.2. The molecule has 0 saturated heterocycles. The van der Waals surface area contributed by atoms with Gasteiger partial charge in [-0.25, -0.2) is 0 Å². The van der Waals surface area contributed by atoms with Crippen molar-refractivity contribution in [1.29, 1.82) is 0 Å². The molecule has 2 rings (SSSR count). The average molecular weight is 336 g/mol. The summed E-state index contributed by atoms with van der Waals surface area (Å²) < 4.78 is 37.8. The number of rotatable bonds is 6. The molecule has 2 aromatic rings. The van der Waals surface area contributed by atoms with Crippen molar-refractivity contribution in [2.24, 2.45) is 5.73 Å². The summed E-state index contributed by atoms with van der Waals surface area (Å²) in [6.07, 6.45) is -4.34. The molecule has 2 aromatic carbocycles. The van der Waals surface area contributed by atoms with Crippen LogP contribution < -0.4 is 11.1 Å². The molecule has 0 aromatic heterocycles. The van der Waals surface area contributed by atoms with Gasteiger partial charge in [0.1, 0.15) is 6.04 Å². The van der Waals surface area contributed by atoms with Crippen molar-refractivity contribution in [2.75, 3.05) is 6.54 Å². The standard InChI is InChI=1S/C18H19F3N2O/c1-12(13-7-9-15(10-8-13)18(19,20)21)11-23-16(17(22)24)14-5-3-2-4-6-14/h2-10,12,16,23H,11H2,1H3,(H2,22,24)/t12-,16?/m1/s1. The van der Waals surface area contributed by atoms with Crippen LogP contribution in [0.4, 0.5) is 13.2 Å². The Labute approximate surface area is 138 Å². The van der Waals surface area contributed by atoms with Crippen molar-refractivity contribution in [3.05, 3.63) is 71.3 Å². The van der Waals surface area contributed by atoms with Crippen molar-refractivity contribution in [1.82, 2.24) is 5.32 Å². The number of hydrogen-bond acceptors (Lipinski definition) is 2. The Morgan fingerprint density at radius 1 is 1.04 bits per heavy atom. The van der Waals surface area contributed by atoms with Crippen LogP contribution in [0.3, 0.4) is 0 Å². The summed E-state index contributed by atoms with van der Waals surface area (Å²) >= 11 is 0. The van der Waals surface area contributed by atoms with E-state index in [2.05, 4.69) is 5.32 Å². The third kappa shape index (κ3) is 4.58. The van der Waals surface area contributed by atoms with Gasteiger partial charge in [-0.05, 0) is 29.2 Å². The normalized spacial score (nSPS) is 14.2. The summed E-state index contributed by atoms with van der Waals surface area (Å²) in [4.78, 5) is 11.6. The first-order valence-electron chi connectivity index (χ1n) is 7.54. The Balaban J connectivity index is 2.03. The maximum absolute atomic E-state index is 12.6. The Morgan fingerprint density at radius 2 is 1.62 bits per heavy atom. The van der Waals surface area contributed by atoms with E-state index in [0.717, 1.165) is 23.3 Å². The molecule has 3 nitrogen and oxygen atoms in total. The molecule has 2 atom stereocenters. The first kappa shape index (κ1) is 18.0. The quantitative estimate of drug-likeness (QED) is 0.846. The number of carbonyl (C=O) groups is 1. The maximum atomic E-state index is 12.6. The maximum Gasteiger partial charge on any atom is 0.416 e. The van der Waals surface area contributed by atoms with Gasteiger partial charge >= 0.3 is 6.18 Å². The van der Waals surface area contributed by atoms with Crippen LogP contribution in [0.25, 0.3) is 0 Å². The molecule has 0 fully saturated rings. The van der Waals surface area contributed by atoms with Crippen LogP contribution in [-0.2, 0) is 11.0 Å². The van der Waals surface area contributed by atoms with Gasteiger partial charge in [0.2, 0.25) is 5.91 Å². The number of nitrogens with two attached hydrogens (primary N) is 1. The first-order valence-corrected chi connectivity index (χ1v) is 7.54. The molecule has 0 aliphatic carbocycles. The number of halogens is 3. The number of hydrogen-bond donors (Lipinski definition) is 2. The molecule has 0 bridgehead atoms. The lowest BCUT2D eigenvalue weighted by molar-refractivity contribution is -0.137. The van der Waals surface area contributed by atoms with Crippen molar-refractivity contribution in [2.45, 2.75) is 25.1 Å². The predicted molar refractivity (Wildman–Crippen MR) is 86.2 cm³/mol. The Morgan fingerprint density at radius 3 is 2.12 bits per heavy atom. The highest BCUT2D eigenvalue weighted by atomic mass is 19.4. The van der Waals surface area contributed by atoms with E-state index in [1.807, 2.05) is 25.1 Å². The van der Waals surface area contributed by atoms with E-state index < -0.39 is 23.7 Å². The molecule has 3 N–H and O–H groups in total. The zero-order valence-corrected chi connectivity index (χ0v) is 13.2. The van der Waals surface area contributed by atoms with E-state index in [4.69, 9.17) is 5.73 Å². The molecule has 0 heterocycles. The molecule has 6 heteroatoms. The molecule has 128 valence electrons. The van der Waals surface area contributed by atoms with Crippen LogP contribution >= 0.6 is 0 Å². The van der Waals surface area contributed by atoms with E-state index in [0.29, 0.717) is 6.54 Å². The summed E-state index contributed by atoms with van der Waals surface area (Å²) in [6, 6.07) is 13.5. The van der Waals surface area contributed by atoms with Gasteiger partial charge in [0.05, 0.1) is 5.56 Å². The number of nitrogens with one attached hydrogen (secondary N) is 1. The lowest BCUT2D eigenvalue weighted by atomic mass is 9.98. The van der Waals surface area contributed by atoms with Crippen LogP contribution in [-0.4, -0.2) is 12.5 Å². The summed E-state index contributed by atoms with van der Waals surface area (Å²) in [5, 5.41) is 3.08. The molecule has 0 aliphatic rings. The molecule has 0 spiro atoms. The molecule has 0 saturated carbocycles. The van der Waals surface area contributed by atoms with Gasteiger partial charge in [-0.15, -0.1) is 0 Å². The van der Waals surface area contributed by atoms with Gasteiger partial charge in [0.25, 0.3) is 0 Å². The van der Waals surface area contributed by atoms with Gasteiger partial charge in [0.15, 0.2) is 0 Å². The van der Waals surface area contributed by atoms with Crippen LogP contribution in [0, 0.1) is 0 Å². The van der Waals surface area contributed by atoms with Gasteiger partial charge in [0, 0.05) is 6.54 Å². The zero-order chi connectivity index (χ0) is 17.7. The van der Waals surface area contributed by atoms with Gasteiger partial charge in [-0.3, -0.25) is 4.79 Å². The minimum atomic E-state index is -4.34.